The number of nitrogens with two attached hydrogens (primary N) is 1. The molecule has 2 aromatic rings. The molecule has 0 radical (unpaired) electrons. The summed E-state index contributed by atoms with van der Waals surface area (Å²) >= 11 is 1.09. The van der Waals surface area contributed by atoms with Crippen molar-refractivity contribution in [3.05, 3.63) is 42.4 Å². The molecule has 0 aliphatic carbocycles. The molecule has 27 heavy (non-hydrogen) atoms. The molecule has 0 fully saturated rings. The van der Waals surface area contributed by atoms with Gasteiger partial charge in [0.25, 0.3) is 0 Å². The molecule has 2 unspecified atom stereocenters. The lowest BCUT2D eigenvalue weighted by Gasteiger charge is -2.28. The van der Waals surface area contributed by atoms with Crippen LogP contribution in [0, 0.1) is 0 Å². The summed E-state index contributed by atoms with van der Waals surface area (Å²) in [5.41, 5.74) is 3.24. The van der Waals surface area contributed by atoms with Crippen LogP contribution in [0.4, 0.5) is 13.2 Å². The van der Waals surface area contributed by atoms with Crippen LogP contribution in [-0.4, -0.2) is 49.9 Å². The third kappa shape index (κ3) is 5.24. The van der Waals surface area contributed by atoms with Gasteiger partial charge in [-0.05, 0) is 23.5 Å². The van der Waals surface area contributed by atoms with Crippen LogP contribution in [-0.2, 0) is 10.4 Å². The Balaban J connectivity index is 2.06. The Bertz CT molecular complexity index is 755. The van der Waals surface area contributed by atoms with Crippen molar-refractivity contribution in [1.29, 1.82) is 0 Å². The summed E-state index contributed by atoms with van der Waals surface area (Å²) in [7, 11) is 0. The van der Waals surface area contributed by atoms with Crippen LogP contribution < -0.4 is 5.73 Å². The monoisotopic (exact) mass is 403 g/mol. The van der Waals surface area contributed by atoms with E-state index in [4.69, 9.17) is 10.8 Å². The molecule has 2 rings (SSSR count). The van der Waals surface area contributed by atoms with E-state index in [1.54, 1.807) is 30.3 Å². The largest absolute Gasteiger partial charge is 0.480 e. The average Bonchev–Trinajstić information content (AvgIpc) is 3.11. The minimum absolute atomic E-state index is 0.0380. The number of aromatic amines is 1. The number of nitrogens with zero attached hydrogens (tertiary/aromatic N) is 1. The van der Waals surface area contributed by atoms with Gasteiger partial charge < -0.3 is 20.9 Å². The van der Waals surface area contributed by atoms with Crippen molar-refractivity contribution in [2.75, 3.05) is 11.5 Å². The summed E-state index contributed by atoms with van der Waals surface area (Å²) in [6, 6.07) is 7.63. The molecule has 0 saturated carbocycles. The third-order valence-corrected chi connectivity index (χ3v) is 5.04. The number of alkyl halides is 3. The number of benzene rings is 1. The average molecular weight is 403 g/mol. The Labute approximate surface area is 158 Å². The van der Waals surface area contributed by atoms with Crippen LogP contribution in [0.25, 0.3) is 11.3 Å². The molecule has 0 spiro atoms. The highest BCUT2D eigenvalue weighted by Gasteiger charge is 2.56. The summed E-state index contributed by atoms with van der Waals surface area (Å²) in [5.74, 6) is -1.50. The molecule has 2 atom stereocenters. The van der Waals surface area contributed by atoms with E-state index in [2.05, 4.69) is 9.97 Å². The van der Waals surface area contributed by atoms with Gasteiger partial charge in [-0.2, -0.15) is 24.9 Å². The number of rotatable bonds is 9. The van der Waals surface area contributed by atoms with E-state index in [0.717, 1.165) is 11.8 Å². The Morgan fingerprint density at radius 1 is 1.26 bits per heavy atom. The second-order valence-electron chi connectivity index (χ2n) is 5.97. The molecule has 0 bridgehead atoms. The van der Waals surface area contributed by atoms with Crippen LogP contribution in [0.1, 0.15) is 18.7 Å². The number of imidazole rings is 1. The highest BCUT2D eigenvalue weighted by molar-refractivity contribution is 7.99. The van der Waals surface area contributed by atoms with E-state index < -0.39 is 36.0 Å². The van der Waals surface area contributed by atoms with E-state index >= 15 is 0 Å². The van der Waals surface area contributed by atoms with Crippen LogP contribution in [0.15, 0.2) is 36.5 Å². The standard InChI is InChI=1S/C17H20F3N3O3S/c18-17(19,20)16(26,7-9-27-8-6-12(21)14(24)25)15-22-10-13(23-15)11-4-2-1-3-5-11/h1-5,10,12,26H,6-9,21H2,(H,22,23)(H,24,25). The van der Waals surface area contributed by atoms with Crippen molar-refractivity contribution >= 4 is 17.7 Å². The number of hydrogen-bond donors (Lipinski definition) is 4. The Morgan fingerprint density at radius 2 is 1.93 bits per heavy atom. The van der Waals surface area contributed by atoms with Crippen LogP contribution in [0.3, 0.4) is 0 Å². The number of H-pyrrole nitrogens is 1. The predicted octanol–water partition coefficient (Wildman–Crippen LogP) is 2.75. The van der Waals surface area contributed by atoms with Crippen molar-refractivity contribution < 1.29 is 28.2 Å². The molecule has 10 heteroatoms. The van der Waals surface area contributed by atoms with E-state index in [0.29, 0.717) is 11.3 Å². The highest BCUT2D eigenvalue weighted by Crippen LogP contribution is 2.41. The zero-order valence-electron chi connectivity index (χ0n) is 14.2. The van der Waals surface area contributed by atoms with Gasteiger partial charge in [0.05, 0.1) is 11.9 Å². The van der Waals surface area contributed by atoms with Gasteiger partial charge in [-0.15, -0.1) is 0 Å². The summed E-state index contributed by atoms with van der Waals surface area (Å²) in [4.78, 5) is 16.9. The van der Waals surface area contributed by atoms with Gasteiger partial charge >= 0.3 is 12.1 Å². The lowest BCUT2D eigenvalue weighted by molar-refractivity contribution is -0.270. The van der Waals surface area contributed by atoms with Gasteiger partial charge in [0.1, 0.15) is 11.9 Å². The maximum Gasteiger partial charge on any atom is 0.424 e. The molecule has 6 nitrogen and oxygen atoms in total. The van der Waals surface area contributed by atoms with Gasteiger partial charge in [-0.1, -0.05) is 30.3 Å². The molecule has 0 aliphatic heterocycles. The quantitative estimate of drug-likeness (QED) is 0.479. The maximum absolute atomic E-state index is 13.5. The summed E-state index contributed by atoms with van der Waals surface area (Å²) in [6.45, 7) is 0. The van der Waals surface area contributed by atoms with E-state index in [-0.39, 0.29) is 17.9 Å². The minimum Gasteiger partial charge on any atom is -0.480 e. The van der Waals surface area contributed by atoms with Crippen LogP contribution >= 0.6 is 11.8 Å². The molecule has 1 aromatic carbocycles. The summed E-state index contributed by atoms with van der Waals surface area (Å²) in [5, 5.41) is 19.0. The SMILES string of the molecule is NC(CCSCCC(O)(c1ncc(-c2ccccc2)[nH]1)C(F)(F)F)C(=O)O. The molecule has 0 aliphatic rings. The van der Waals surface area contributed by atoms with Gasteiger partial charge in [-0.25, -0.2) is 4.98 Å². The fraction of sp³-hybridized carbons (Fsp3) is 0.412. The molecule has 148 valence electrons. The fourth-order valence-corrected chi connectivity index (χ4v) is 3.41. The summed E-state index contributed by atoms with van der Waals surface area (Å²) in [6.07, 6.45) is -4.16. The molecule has 0 amide bonds. The number of aliphatic hydroxyl groups is 1. The Morgan fingerprint density at radius 3 is 2.52 bits per heavy atom. The number of thioether (sulfide) groups is 1. The lowest BCUT2D eigenvalue weighted by atomic mass is 9.99. The molecule has 0 saturated heterocycles. The lowest BCUT2D eigenvalue weighted by Crippen LogP contribution is -2.43. The molecule has 1 aromatic heterocycles. The van der Waals surface area contributed by atoms with Gasteiger partial charge in [0.15, 0.2) is 0 Å². The first-order valence-corrected chi connectivity index (χ1v) is 9.27. The van der Waals surface area contributed by atoms with Crippen LogP contribution in [0.2, 0.25) is 0 Å². The smallest absolute Gasteiger partial charge is 0.424 e. The molecule has 5 N–H and O–H groups in total. The van der Waals surface area contributed by atoms with E-state index in [1.807, 2.05) is 0 Å². The van der Waals surface area contributed by atoms with Gasteiger partial charge in [-0.3, -0.25) is 4.79 Å². The number of halogens is 3. The number of carboxylic acids is 1. The number of carbonyl (C=O) groups is 1. The number of aromatic nitrogens is 2. The van der Waals surface area contributed by atoms with Crippen molar-refractivity contribution in [1.82, 2.24) is 9.97 Å². The topological polar surface area (TPSA) is 112 Å². The molecular weight excluding hydrogens is 383 g/mol. The number of nitrogens with one attached hydrogen (secondary N) is 1. The first-order valence-electron chi connectivity index (χ1n) is 8.11. The Kier molecular flexibility index (Phi) is 6.90. The zero-order chi connectivity index (χ0) is 20.1. The van der Waals surface area contributed by atoms with Crippen molar-refractivity contribution in [3.63, 3.8) is 0 Å². The van der Waals surface area contributed by atoms with Gasteiger partial charge in [0, 0.05) is 6.42 Å². The first kappa shape index (κ1) is 21.3. The predicted molar refractivity (Wildman–Crippen MR) is 96.1 cm³/mol. The van der Waals surface area contributed by atoms with Crippen molar-refractivity contribution in [3.8, 4) is 11.3 Å². The molecule has 1 heterocycles. The first-order chi connectivity index (χ1) is 12.6. The second kappa shape index (κ2) is 8.77. The van der Waals surface area contributed by atoms with Crippen LogP contribution in [0.5, 0.6) is 0 Å². The number of hydrogen-bond acceptors (Lipinski definition) is 5. The van der Waals surface area contributed by atoms with Gasteiger partial charge in [0.2, 0.25) is 5.60 Å². The third-order valence-electron chi connectivity index (χ3n) is 4.02. The normalized spacial score (nSPS) is 15.3. The number of aliphatic carboxylic acids is 1. The minimum atomic E-state index is -4.92. The Hall–Kier alpha value is -2.04. The highest BCUT2D eigenvalue weighted by atomic mass is 32.2. The van der Waals surface area contributed by atoms with Crippen molar-refractivity contribution in [2.24, 2.45) is 5.73 Å². The maximum atomic E-state index is 13.5. The number of carboxylic acid groups (broad SMARTS) is 1. The zero-order valence-corrected chi connectivity index (χ0v) is 15.1. The second-order valence-corrected chi connectivity index (χ2v) is 7.19. The van der Waals surface area contributed by atoms with Crippen molar-refractivity contribution in [2.45, 2.75) is 30.7 Å². The summed E-state index contributed by atoms with van der Waals surface area (Å²) < 4.78 is 40.6. The molecular formula is C17H20F3N3O3S. The van der Waals surface area contributed by atoms with E-state index in [1.165, 1.54) is 6.20 Å². The van der Waals surface area contributed by atoms with E-state index in [9.17, 15) is 23.1 Å². The fourth-order valence-electron chi connectivity index (χ4n) is 2.35.